The van der Waals surface area contributed by atoms with Crippen molar-refractivity contribution in [1.82, 2.24) is 10.3 Å². The van der Waals surface area contributed by atoms with E-state index in [2.05, 4.69) is 33.2 Å². The summed E-state index contributed by atoms with van der Waals surface area (Å²) >= 11 is 3.39. The quantitative estimate of drug-likeness (QED) is 0.919. The smallest absolute Gasteiger partial charge is 0.0950 e. The van der Waals surface area contributed by atoms with Crippen LogP contribution in [0.15, 0.2) is 45.8 Å². The van der Waals surface area contributed by atoms with Crippen molar-refractivity contribution in [3.63, 3.8) is 0 Å². The van der Waals surface area contributed by atoms with Crippen LogP contribution in [-0.2, 0) is 6.42 Å². The number of hydrogen-bond acceptors (Lipinski definition) is 3. The minimum absolute atomic E-state index is 0.257. The zero-order chi connectivity index (χ0) is 12.1. The Labute approximate surface area is 109 Å². The van der Waals surface area contributed by atoms with Crippen molar-refractivity contribution in [2.24, 2.45) is 0 Å². The standard InChI is InChI=1S/C13H15BrN2O/c1-2-15-13(10-5-6-17-9-10)7-12-4-3-11(14)8-16-12/h3-6,8-9,13,15H,2,7H2,1H3. The monoisotopic (exact) mass is 294 g/mol. The highest BCUT2D eigenvalue weighted by Gasteiger charge is 2.12. The van der Waals surface area contributed by atoms with Crippen LogP contribution < -0.4 is 5.32 Å². The topological polar surface area (TPSA) is 38.1 Å². The number of furan rings is 1. The Morgan fingerprint density at radius 2 is 2.29 bits per heavy atom. The molecule has 0 aliphatic rings. The number of rotatable bonds is 5. The molecule has 17 heavy (non-hydrogen) atoms. The normalized spacial score (nSPS) is 12.6. The molecule has 0 spiro atoms. The zero-order valence-corrected chi connectivity index (χ0v) is 11.3. The van der Waals surface area contributed by atoms with Crippen LogP contribution in [-0.4, -0.2) is 11.5 Å². The van der Waals surface area contributed by atoms with Gasteiger partial charge in [-0.1, -0.05) is 6.92 Å². The first kappa shape index (κ1) is 12.3. The number of hydrogen-bond donors (Lipinski definition) is 1. The van der Waals surface area contributed by atoms with Crippen molar-refractivity contribution in [2.75, 3.05) is 6.54 Å². The number of halogens is 1. The predicted molar refractivity (Wildman–Crippen MR) is 70.8 cm³/mol. The molecule has 0 fully saturated rings. The molecule has 2 aromatic heterocycles. The molecule has 2 aromatic rings. The number of likely N-dealkylation sites (N-methyl/N-ethyl adjacent to an activating group) is 1. The highest BCUT2D eigenvalue weighted by Crippen LogP contribution is 2.18. The first-order valence-corrected chi connectivity index (χ1v) is 6.45. The molecular weight excluding hydrogens is 280 g/mol. The third kappa shape index (κ3) is 3.41. The van der Waals surface area contributed by atoms with Crippen molar-refractivity contribution in [3.8, 4) is 0 Å². The lowest BCUT2D eigenvalue weighted by atomic mass is 10.0. The van der Waals surface area contributed by atoms with Crippen molar-refractivity contribution >= 4 is 15.9 Å². The summed E-state index contributed by atoms with van der Waals surface area (Å²) in [4.78, 5) is 4.39. The molecule has 3 nitrogen and oxygen atoms in total. The summed E-state index contributed by atoms with van der Waals surface area (Å²) in [5.41, 5.74) is 2.23. The van der Waals surface area contributed by atoms with E-state index >= 15 is 0 Å². The van der Waals surface area contributed by atoms with Crippen LogP contribution in [0, 0.1) is 0 Å². The number of aromatic nitrogens is 1. The fourth-order valence-corrected chi connectivity index (χ4v) is 2.00. The van der Waals surface area contributed by atoms with Crippen LogP contribution in [0.3, 0.4) is 0 Å². The Morgan fingerprint density at radius 3 is 2.88 bits per heavy atom. The summed E-state index contributed by atoms with van der Waals surface area (Å²) in [5.74, 6) is 0. The van der Waals surface area contributed by atoms with Gasteiger partial charge in [-0.05, 0) is 40.7 Å². The van der Waals surface area contributed by atoms with Crippen LogP contribution >= 0.6 is 15.9 Å². The van der Waals surface area contributed by atoms with E-state index in [1.807, 2.05) is 24.4 Å². The molecule has 0 amide bonds. The largest absolute Gasteiger partial charge is 0.472 e. The minimum Gasteiger partial charge on any atom is -0.472 e. The van der Waals surface area contributed by atoms with Gasteiger partial charge in [-0.25, -0.2) is 0 Å². The SMILES string of the molecule is CCNC(Cc1ccc(Br)cn1)c1ccoc1. The summed E-state index contributed by atoms with van der Waals surface area (Å²) in [6.45, 7) is 3.02. The summed E-state index contributed by atoms with van der Waals surface area (Å²) in [6.07, 6.45) is 6.18. The summed E-state index contributed by atoms with van der Waals surface area (Å²) in [5, 5.41) is 3.44. The maximum absolute atomic E-state index is 5.13. The van der Waals surface area contributed by atoms with E-state index in [9.17, 15) is 0 Å². The Kier molecular flexibility index (Phi) is 4.34. The number of nitrogens with zero attached hydrogens (tertiary/aromatic N) is 1. The second kappa shape index (κ2) is 5.98. The van der Waals surface area contributed by atoms with Crippen LogP contribution in [0.2, 0.25) is 0 Å². The van der Waals surface area contributed by atoms with Gasteiger partial charge in [0.1, 0.15) is 0 Å². The zero-order valence-electron chi connectivity index (χ0n) is 9.69. The molecule has 4 heteroatoms. The first-order chi connectivity index (χ1) is 8.29. The summed E-state index contributed by atoms with van der Waals surface area (Å²) in [7, 11) is 0. The van der Waals surface area contributed by atoms with Gasteiger partial charge < -0.3 is 9.73 Å². The van der Waals surface area contributed by atoms with Crippen molar-refractivity contribution in [3.05, 3.63) is 52.7 Å². The molecule has 0 aliphatic heterocycles. The van der Waals surface area contributed by atoms with Gasteiger partial charge >= 0.3 is 0 Å². The van der Waals surface area contributed by atoms with Crippen LogP contribution in [0.25, 0.3) is 0 Å². The molecule has 2 rings (SSSR count). The summed E-state index contributed by atoms with van der Waals surface area (Å²) in [6, 6.07) is 6.30. The van der Waals surface area contributed by atoms with Gasteiger partial charge in [0.15, 0.2) is 0 Å². The van der Waals surface area contributed by atoms with E-state index in [1.165, 1.54) is 0 Å². The van der Waals surface area contributed by atoms with Crippen LogP contribution in [0.4, 0.5) is 0 Å². The Hall–Kier alpha value is -1.13. The molecule has 1 unspecified atom stereocenters. The van der Waals surface area contributed by atoms with E-state index in [-0.39, 0.29) is 6.04 Å². The molecule has 0 aromatic carbocycles. The molecular formula is C13H15BrN2O. The highest BCUT2D eigenvalue weighted by atomic mass is 79.9. The molecule has 0 saturated carbocycles. The van der Waals surface area contributed by atoms with Gasteiger partial charge in [0.2, 0.25) is 0 Å². The van der Waals surface area contributed by atoms with Gasteiger partial charge in [-0.3, -0.25) is 4.98 Å². The summed E-state index contributed by atoms with van der Waals surface area (Å²) < 4.78 is 6.13. The Bertz CT molecular complexity index is 439. The number of pyridine rings is 1. The fourth-order valence-electron chi connectivity index (χ4n) is 1.76. The van der Waals surface area contributed by atoms with E-state index in [0.717, 1.165) is 28.7 Å². The number of nitrogens with one attached hydrogen (secondary N) is 1. The minimum atomic E-state index is 0.257. The molecule has 0 radical (unpaired) electrons. The van der Waals surface area contributed by atoms with Gasteiger partial charge in [-0.2, -0.15) is 0 Å². The van der Waals surface area contributed by atoms with Gasteiger partial charge in [-0.15, -0.1) is 0 Å². The average molecular weight is 295 g/mol. The average Bonchev–Trinajstić information content (AvgIpc) is 2.85. The molecule has 0 aliphatic carbocycles. The van der Waals surface area contributed by atoms with Gasteiger partial charge in [0.25, 0.3) is 0 Å². The lowest BCUT2D eigenvalue weighted by Crippen LogP contribution is -2.22. The van der Waals surface area contributed by atoms with E-state index < -0.39 is 0 Å². The van der Waals surface area contributed by atoms with Gasteiger partial charge in [0.05, 0.1) is 12.5 Å². The second-order valence-corrected chi connectivity index (χ2v) is 4.75. The third-order valence-electron chi connectivity index (χ3n) is 2.60. The molecule has 1 N–H and O–H groups in total. The van der Waals surface area contributed by atoms with Gasteiger partial charge in [0, 0.05) is 34.4 Å². The molecule has 2 heterocycles. The van der Waals surface area contributed by atoms with Crippen molar-refractivity contribution in [1.29, 1.82) is 0 Å². The molecule has 1 atom stereocenters. The Balaban J connectivity index is 2.10. The first-order valence-electron chi connectivity index (χ1n) is 5.65. The Morgan fingerprint density at radius 1 is 1.41 bits per heavy atom. The van der Waals surface area contributed by atoms with Crippen molar-refractivity contribution < 1.29 is 4.42 Å². The van der Waals surface area contributed by atoms with Crippen molar-refractivity contribution in [2.45, 2.75) is 19.4 Å². The maximum Gasteiger partial charge on any atom is 0.0950 e. The van der Waals surface area contributed by atoms with Crippen LogP contribution in [0.5, 0.6) is 0 Å². The van der Waals surface area contributed by atoms with Crippen LogP contribution in [0.1, 0.15) is 24.2 Å². The highest BCUT2D eigenvalue weighted by molar-refractivity contribution is 9.10. The molecule has 0 saturated heterocycles. The maximum atomic E-state index is 5.13. The van der Waals surface area contributed by atoms with E-state index in [4.69, 9.17) is 4.42 Å². The molecule has 90 valence electrons. The van der Waals surface area contributed by atoms with E-state index in [0.29, 0.717) is 0 Å². The van der Waals surface area contributed by atoms with E-state index in [1.54, 1.807) is 12.5 Å². The third-order valence-corrected chi connectivity index (χ3v) is 3.07. The predicted octanol–water partition coefficient (Wildman–Crippen LogP) is 3.33. The lowest BCUT2D eigenvalue weighted by molar-refractivity contribution is 0.521. The molecule has 0 bridgehead atoms. The second-order valence-electron chi connectivity index (χ2n) is 3.84. The lowest BCUT2D eigenvalue weighted by Gasteiger charge is -2.15. The fraction of sp³-hybridized carbons (Fsp3) is 0.308.